The van der Waals surface area contributed by atoms with Crippen molar-refractivity contribution in [2.75, 3.05) is 24.6 Å². The Hall–Kier alpha value is -2.25. The Bertz CT molecular complexity index is 646. The predicted molar refractivity (Wildman–Crippen MR) is 91.3 cm³/mol. The standard InChI is InChI=1S/C16H24N6O/c1-11-6-4-5-7-13(11)18-16-20-14(19-15(17)21-16)10-22(3)9-8-12(2)23/h4-7,12,23H,8-10H2,1-3H3,(H3,17,18,19,20,21). The second kappa shape index (κ2) is 7.85. The number of hydrogen-bond donors (Lipinski definition) is 3. The molecule has 2 rings (SSSR count). The molecule has 4 N–H and O–H groups in total. The van der Waals surface area contributed by atoms with Crippen LogP contribution >= 0.6 is 0 Å². The van der Waals surface area contributed by atoms with Gasteiger partial charge in [0.25, 0.3) is 0 Å². The summed E-state index contributed by atoms with van der Waals surface area (Å²) in [5.41, 5.74) is 7.82. The molecule has 0 bridgehead atoms. The topological polar surface area (TPSA) is 100 Å². The minimum atomic E-state index is -0.320. The van der Waals surface area contributed by atoms with Crippen molar-refractivity contribution in [2.45, 2.75) is 32.9 Å². The Morgan fingerprint density at radius 1 is 1.26 bits per heavy atom. The zero-order chi connectivity index (χ0) is 16.8. The van der Waals surface area contributed by atoms with Crippen LogP contribution in [0.5, 0.6) is 0 Å². The molecular weight excluding hydrogens is 292 g/mol. The molecule has 0 aliphatic rings. The van der Waals surface area contributed by atoms with Crippen LogP contribution in [0.15, 0.2) is 24.3 Å². The first-order chi connectivity index (χ1) is 10.9. The molecule has 0 aliphatic carbocycles. The van der Waals surface area contributed by atoms with Crippen molar-refractivity contribution in [3.8, 4) is 0 Å². The molecule has 0 aliphatic heterocycles. The van der Waals surface area contributed by atoms with Gasteiger partial charge in [0.05, 0.1) is 12.6 Å². The highest BCUT2D eigenvalue weighted by Crippen LogP contribution is 2.17. The molecule has 0 fully saturated rings. The summed E-state index contributed by atoms with van der Waals surface area (Å²) in [5, 5.41) is 12.5. The SMILES string of the molecule is Cc1ccccc1Nc1nc(N)nc(CN(C)CCC(C)O)n1. The Balaban J connectivity index is 2.08. The molecule has 1 aromatic heterocycles. The molecule has 124 valence electrons. The Morgan fingerprint density at radius 2 is 2.00 bits per heavy atom. The molecule has 23 heavy (non-hydrogen) atoms. The van der Waals surface area contributed by atoms with Gasteiger partial charge in [0.15, 0.2) is 0 Å². The molecule has 0 saturated carbocycles. The van der Waals surface area contributed by atoms with E-state index >= 15 is 0 Å². The van der Waals surface area contributed by atoms with E-state index < -0.39 is 0 Å². The second-order valence-electron chi connectivity index (χ2n) is 5.75. The van der Waals surface area contributed by atoms with Crippen LogP contribution in [0.2, 0.25) is 0 Å². The number of aryl methyl sites for hydroxylation is 1. The third-order valence-electron chi connectivity index (χ3n) is 3.43. The van der Waals surface area contributed by atoms with E-state index in [9.17, 15) is 5.11 Å². The Kier molecular flexibility index (Phi) is 5.84. The number of nitrogens with one attached hydrogen (secondary N) is 1. The van der Waals surface area contributed by atoms with E-state index in [1.165, 1.54) is 0 Å². The van der Waals surface area contributed by atoms with Crippen molar-refractivity contribution >= 4 is 17.6 Å². The quantitative estimate of drug-likeness (QED) is 0.715. The number of benzene rings is 1. The summed E-state index contributed by atoms with van der Waals surface area (Å²) in [5.74, 6) is 1.22. The number of aromatic nitrogens is 3. The van der Waals surface area contributed by atoms with Gasteiger partial charge in [-0.25, -0.2) is 0 Å². The normalized spacial score (nSPS) is 12.4. The fourth-order valence-electron chi connectivity index (χ4n) is 2.13. The Labute approximate surface area is 136 Å². The summed E-state index contributed by atoms with van der Waals surface area (Å²) >= 11 is 0. The van der Waals surface area contributed by atoms with Gasteiger partial charge in [0.1, 0.15) is 5.82 Å². The number of aliphatic hydroxyl groups is 1. The van der Waals surface area contributed by atoms with Crippen LogP contribution in [-0.4, -0.2) is 44.7 Å². The van der Waals surface area contributed by atoms with Crippen LogP contribution in [0.25, 0.3) is 0 Å². The molecule has 1 aromatic carbocycles. The number of aliphatic hydroxyl groups excluding tert-OH is 1. The number of para-hydroxylation sites is 1. The number of hydrogen-bond acceptors (Lipinski definition) is 7. The molecule has 7 nitrogen and oxygen atoms in total. The average molecular weight is 316 g/mol. The van der Waals surface area contributed by atoms with Gasteiger partial charge in [-0.15, -0.1) is 0 Å². The van der Waals surface area contributed by atoms with E-state index in [4.69, 9.17) is 5.73 Å². The highest BCUT2D eigenvalue weighted by molar-refractivity contribution is 5.58. The van der Waals surface area contributed by atoms with Crippen molar-refractivity contribution in [1.29, 1.82) is 0 Å². The highest BCUT2D eigenvalue weighted by Gasteiger charge is 2.09. The maximum Gasteiger partial charge on any atom is 0.232 e. The van der Waals surface area contributed by atoms with Crippen LogP contribution in [0.1, 0.15) is 24.7 Å². The van der Waals surface area contributed by atoms with Crippen molar-refractivity contribution in [1.82, 2.24) is 19.9 Å². The average Bonchev–Trinajstić information content (AvgIpc) is 2.47. The lowest BCUT2D eigenvalue weighted by Crippen LogP contribution is -2.23. The smallest absolute Gasteiger partial charge is 0.232 e. The predicted octanol–water partition coefficient (Wildman–Crippen LogP) is 1.71. The maximum atomic E-state index is 9.35. The van der Waals surface area contributed by atoms with Crippen LogP contribution in [0.3, 0.4) is 0 Å². The number of nitrogen functional groups attached to an aromatic ring is 1. The van der Waals surface area contributed by atoms with Gasteiger partial charge in [-0.05, 0) is 38.9 Å². The van der Waals surface area contributed by atoms with Crippen LogP contribution in [0.4, 0.5) is 17.6 Å². The monoisotopic (exact) mass is 316 g/mol. The van der Waals surface area contributed by atoms with Crippen LogP contribution < -0.4 is 11.1 Å². The van der Waals surface area contributed by atoms with Crippen molar-refractivity contribution in [2.24, 2.45) is 0 Å². The van der Waals surface area contributed by atoms with E-state index in [-0.39, 0.29) is 12.1 Å². The molecule has 0 spiro atoms. The summed E-state index contributed by atoms with van der Waals surface area (Å²) in [6.45, 7) is 5.09. The van der Waals surface area contributed by atoms with Gasteiger partial charge in [-0.3, -0.25) is 4.90 Å². The zero-order valence-electron chi connectivity index (χ0n) is 13.8. The maximum absolute atomic E-state index is 9.35. The van der Waals surface area contributed by atoms with Gasteiger partial charge < -0.3 is 16.2 Å². The first-order valence-corrected chi connectivity index (χ1v) is 7.63. The van der Waals surface area contributed by atoms with Crippen LogP contribution in [-0.2, 0) is 6.54 Å². The second-order valence-corrected chi connectivity index (χ2v) is 5.75. The summed E-state index contributed by atoms with van der Waals surface area (Å²) in [7, 11) is 1.96. The molecular formula is C16H24N6O. The van der Waals surface area contributed by atoms with Crippen molar-refractivity contribution in [3.05, 3.63) is 35.7 Å². The number of nitrogens with two attached hydrogens (primary N) is 1. The van der Waals surface area contributed by atoms with E-state index in [1.54, 1.807) is 6.92 Å². The number of rotatable bonds is 7. The minimum Gasteiger partial charge on any atom is -0.393 e. The molecule has 2 aromatic rings. The van der Waals surface area contributed by atoms with E-state index in [1.807, 2.05) is 43.1 Å². The Morgan fingerprint density at radius 3 is 2.70 bits per heavy atom. The van der Waals surface area contributed by atoms with Gasteiger partial charge in [0.2, 0.25) is 11.9 Å². The molecule has 1 unspecified atom stereocenters. The largest absolute Gasteiger partial charge is 0.393 e. The lowest BCUT2D eigenvalue weighted by molar-refractivity contribution is 0.162. The molecule has 1 atom stereocenters. The number of anilines is 3. The molecule has 7 heteroatoms. The fraction of sp³-hybridized carbons (Fsp3) is 0.438. The first kappa shape index (κ1) is 17.1. The van der Waals surface area contributed by atoms with Gasteiger partial charge >= 0.3 is 0 Å². The molecule has 1 heterocycles. The summed E-state index contributed by atoms with van der Waals surface area (Å²) in [6, 6.07) is 7.90. The third-order valence-corrected chi connectivity index (χ3v) is 3.43. The fourth-order valence-corrected chi connectivity index (χ4v) is 2.13. The first-order valence-electron chi connectivity index (χ1n) is 7.63. The highest BCUT2D eigenvalue weighted by atomic mass is 16.3. The van der Waals surface area contributed by atoms with E-state index in [0.29, 0.717) is 24.7 Å². The molecule has 0 radical (unpaired) electrons. The molecule has 0 amide bonds. The lowest BCUT2D eigenvalue weighted by Gasteiger charge is -2.17. The van der Waals surface area contributed by atoms with Crippen molar-refractivity contribution < 1.29 is 5.11 Å². The van der Waals surface area contributed by atoms with Gasteiger partial charge in [-0.1, -0.05) is 18.2 Å². The zero-order valence-corrected chi connectivity index (χ0v) is 13.8. The summed E-state index contributed by atoms with van der Waals surface area (Å²) < 4.78 is 0. The number of nitrogens with zero attached hydrogens (tertiary/aromatic N) is 4. The summed E-state index contributed by atoms with van der Waals surface area (Å²) in [6.07, 6.45) is 0.380. The lowest BCUT2D eigenvalue weighted by atomic mass is 10.2. The van der Waals surface area contributed by atoms with Crippen LogP contribution in [0, 0.1) is 6.92 Å². The van der Waals surface area contributed by atoms with E-state index in [2.05, 4.69) is 20.3 Å². The van der Waals surface area contributed by atoms with Gasteiger partial charge in [-0.2, -0.15) is 15.0 Å². The third kappa shape index (κ3) is 5.46. The van der Waals surface area contributed by atoms with Crippen molar-refractivity contribution in [3.63, 3.8) is 0 Å². The van der Waals surface area contributed by atoms with Gasteiger partial charge in [0, 0.05) is 12.2 Å². The molecule has 0 saturated heterocycles. The minimum absolute atomic E-state index is 0.190. The summed E-state index contributed by atoms with van der Waals surface area (Å²) in [4.78, 5) is 14.8. The van der Waals surface area contributed by atoms with E-state index in [0.717, 1.165) is 17.8 Å².